The second kappa shape index (κ2) is 6.38. The molecular formula is C16H31NO. The van der Waals surface area contributed by atoms with E-state index in [2.05, 4.69) is 26.1 Å². The Hall–Kier alpha value is -0.0800. The molecule has 2 fully saturated rings. The third-order valence-corrected chi connectivity index (χ3v) is 4.60. The molecule has 18 heavy (non-hydrogen) atoms. The summed E-state index contributed by atoms with van der Waals surface area (Å²) < 4.78 is 6.16. The topological polar surface area (TPSA) is 21.3 Å². The zero-order chi connectivity index (χ0) is 13.0. The van der Waals surface area contributed by atoms with Gasteiger partial charge < -0.3 is 10.1 Å². The molecule has 0 aromatic heterocycles. The van der Waals surface area contributed by atoms with Crippen LogP contribution in [0.1, 0.15) is 72.1 Å². The molecular weight excluding hydrogens is 222 g/mol. The summed E-state index contributed by atoms with van der Waals surface area (Å²) in [6.45, 7) is 7.92. The predicted octanol–water partition coefficient (Wildman–Crippen LogP) is 3.89. The van der Waals surface area contributed by atoms with Crippen LogP contribution in [0.15, 0.2) is 0 Å². The van der Waals surface area contributed by atoms with Gasteiger partial charge in [-0.1, -0.05) is 33.1 Å². The zero-order valence-electron chi connectivity index (χ0n) is 12.5. The molecule has 1 spiro atoms. The van der Waals surface area contributed by atoms with Gasteiger partial charge in [0.2, 0.25) is 0 Å². The lowest BCUT2D eigenvalue weighted by Crippen LogP contribution is -2.50. The summed E-state index contributed by atoms with van der Waals surface area (Å²) in [4.78, 5) is 0. The molecule has 2 aliphatic rings. The normalized spacial score (nSPS) is 29.7. The lowest BCUT2D eigenvalue weighted by atomic mass is 9.78. The summed E-state index contributed by atoms with van der Waals surface area (Å²) in [5.74, 6) is 0.788. The van der Waals surface area contributed by atoms with Gasteiger partial charge in [-0.2, -0.15) is 0 Å². The van der Waals surface area contributed by atoms with Gasteiger partial charge in [0.25, 0.3) is 0 Å². The van der Waals surface area contributed by atoms with Crippen LogP contribution in [-0.2, 0) is 4.74 Å². The van der Waals surface area contributed by atoms with E-state index in [1.165, 1.54) is 51.4 Å². The summed E-state index contributed by atoms with van der Waals surface area (Å²) in [5, 5.41) is 3.84. The van der Waals surface area contributed by atoms with Crippen molar-refractivity contribution in [2.45, 2.75) is 89.8 Å². The quantitative estimate of drug-likeness (QED) is 0.820. The van der Waals surface area contributed by atoms with E-state index >= 15 is 0 Å². The van der Waals surface area contributed by atoms with Crippen molar-refractivity contribution in [2.75, 3.05) is 6.61 Å². The summed E-state index contributed by atoms with van der Waals surface area (Å²) >= 11 is 0. The minimum atomic E-state index is 0.242. The van der Waals surface area contributed by atoms with Gasteiger partial charge in [0.05, 0.1) is 5.60 Å². The highest BCUT2D eigenvalue weighted by Crippen LogP contribution is 2.38. The van der Waals surface area contributed by atoms with Crippen LogP contribution < -0.4 is 5.32 Å². The average Bonchev–Trinajstić information content (AvgIpc) is 2.28. The van der Waals surface area contributed by atoms with E-state index in [1.54, 1.807) is 0 Å². The highest BCUT2D eigenvalue weighted by atomic mass is 16.5. The Morgan fingerprint density at radius 3 is 2.56 bits per heavy atom. The molecule has 2 atom stereocenters. The molecule has 1 heterocycles. The minimum Gasteiger partial charge on any atom is -0.375 e. The first-order chi connectivity index (χ1) is 8.60. The van der Waals surface area contributed by atoms with Gasteiger partial charge in [-0.05, 0) is 44.9 Å². The van der Waals surface area contributed by atoms with Crippen LogP contribution >= 0.6 is 0 Å². The third kappa shape index (κ3) is 3.96. The first-order valence-corrected chi connectivity index (χ1v) is 8.00. The number of hydrogen-bond acceptors (Lipinski definition) is 2. The number of ether oxygens (including phenoxy) is 1. The Morgan fingerprint density at radius 2 is 1.89 bits per heavy atom. The lowest BCUT2D eigenvalue weighted by molar-refractivity contribution is -0.110. The second-order valence-corrected chi connectivity index (χ2v) is 6.98. The van der Waals surface area contributed by atoms with E-state index in [0.29, 0.717) is 12.1 Å². The van der Waals surface area contributed by atoms with Gasteiger partial charge in [-0.3, -0.25) is 0 Å². The lowest BCUT2D eigenvalue weighted by Gasteiger charge is -2.44. The molecule has 1 aliphatic heterocycles. The molecule has 0 aromatic carbocycles. The van der Waals surface area contributed by atoms with Crippen molar-refractivity contribution in [2.24, 2.45) is 5.92 Å². The van der Waals surface area contributed by atoms with Gasteiger partial charge in [-0.15, -0.1) is 0 Å². The van der Waals surface area contributed by atoms with Gasteiger partial charge >= 0.3 is 0 Å². The summed E-state index contributed by atoms with van der Waals surface area (Å²) in [6, 6.07) is 1.33. The van der Waals surface area contributed by atoms with E-state index in [0.717, 1.165) is 12.5 Å². The molecule has 1 N–H and O–H groups in total. The van der Waals surface area contributed by atoms with Gasteiger partial charge in [0.15, 0.2) is 0 Å². The maximum absolute atomic E-state index is 6.16. The maximum Gasteiger partial charge on any atom is 0.0697 e. The van der Waals surface area contributed by atoms with Gasteiger partial charge in [0.1, 0.15) is 0 Å². The van der Waals surface area contributed by atoms with Gasteiger partial charge in [-0.25, -0.2) is 0 Å². The minimum absolute atomic E-state index is 0.242. The SMILES string of the molecule is CC(C)CC(C)NC1CCOC2(CCCCC2)C1. The zero-order valence-corrected chi connectivity index (χ0v) is 12.5. The van der Waals surface area contributed by atoms with Crippen LogP contribution in [0.4, 0.5) is 0 Å². The molecule has 2 nitrogen and oxygen atoms in total. The number of nitrogens with one attached hydrogen (secondary N) is 1. The fraction of sp³-hybridized carbons (Fsp3) is 1.00. The van der Waals surface area contributed by atoms with E-state index in [4.69, 9.17) is 4.74 Å². The molecule has 2 rings (SSSR count). The maximum atomic E-state index is 6.16. The van der Waals surface area contributed by atoms with Gasteiger partial charge in [0, 0.05) is 18.7 Å². The average molecular weight is 253 g/mol. The molecule has 106 valence electrons. The largest absolute Gasteiger partial charge is 0.375 e. The molecule has 0 aromatic rings. The van der Waals surface area contributed by atoms with Crippen LogP contribution in [0.25, 0.3) is 0 Å². The van der Waals surface area contributed by atoms with E-state index in [1.807, 2.05) is 0 Å². The van der Waals surface area contributed by atoms with E-state index in [9.17, 15) is 0 Å². The van der Waals surface area contributed by atoms with Crippen LogP contribution in [-0.4, -0.2) is 24.3 Å². The Labute approximate surface area is 113 Å². The number of hydrogen-bond donors (Lipinski definition) is 1. The van der Waals surface area contributed by atoms with E-state index in [-0.39, 0.29) is 5.60 Å². The monoisotopic (exact) mass is 253 g/mol. The standard InChI is InChI=1S/C16H31NO/c1-13(2)11-14(3)17-15-7-10-18-16(12-15)8-5-4-6-9-16/h13-15,17H,4-12H2,1-3H3. The van der Waals surface area contributed by atoms with Crippen molar-refractivity contribution in [1.82, 2.24) is 5.32 Å². The highest BCUT2D eigenvalue weighted by molar-refractivity contribution is 4.92. The summed E-state index contributed by atoms with van der Waals surface area (Å²) in [6.07, 6.45) is 10.5. The first kappa shape index (κ1) is 14.3. The highest BCUT2D eigenvalue weighted by Gasteiger charge is 2.38. The van der Waals surface area contributed by atoms with Crippen LogP contribution in [0, 0.1) is 5.92 Å². The smallest absolute Gasteiger partial charge is 0.0697 e. The van der Waals surface area contributed by atoms with Crippen molar-refractivity contribution >= 4 is 0 Å². The molecule has 0 amide bonds. The summed E-state index contributed by atoms with van der Waals surface area (Å²) in [5.41, 5.74) is 0.242. The molecule has 1 saturated carbocycles. The fourth-order valence-corrected chi connectivity index (χ4v) is 3.89. The Kier molecular flexibility index (Phi) is 5.08. The summed E-state index contributed by atoms with van der Waals surface area (Å²) in [7, 11) is 0. The number of rotatable bonds is 4. The molecule has 1 saturated heterocycles. The molecule has 2 heteroatoms. The van der Waals surface area contributed by atoms with Crippen LogP contribution in [0.5, 0.6) is 0 Å². The van der Waals surface area contributed by atoms with Crippen LogP contribution in [0.2, 0.25) is 0 Å². The van der Waals surface area contributed by atoms with E-state index < -0.39 is 0 Å². The fourth-order valence-electron chi connectivity index (χ4n) is 3.89. The van der Waals surface area contributed by atoms with Crippen LogP contribution in [0.3, 0.4) is 0 Å². The van der Waals surface area contributed by atoms with Crippen molar-refractivity contribution in [3.8, 4) is 0 Å². The molecule has 0 radical (unpaired) electrons. The van der Waals surface area contributed by atoms with Crippen molar-refractivity contribution < 1.29 is 4.74 Å². The Balaban J connectivity index is 1.82. The Morgan fingerprint density at radius 1 is 1.17 bits per heavy atom. The second-order valence-electron chi connectivity index (χ2n) is 6.98. The van der Waals surface area contributed by atoms with Crippen molar-refractivity contribution in [3.63, 3.8) is 0 Å². The molecule has 1 aliphatic carbocycles. The third-order valence-electron chi connectivity index (χ3n) is 4.60. The molecule has 0 bridgehead atoms. The Bertz CT molecular complexity index is 240. The van der Waals surface area contributed by atoms with Crippen molar-refractivity contribution in [1.29, 1.82) is 0 Å². The first-order valence-electron chi connectivity index (χ1n) is 8.00. The predicted molar refractivity (Wildman–Crippen MR) is 76.8 cm³/mol. The molecule has 2 unspecified atom stereocenters. The van der Waals surface area contributed by atoms with Crippen molar-refractivity contribution in [3.05, 3.63) is 0 Å².